The van der Waals surface area contributed by atoms with Gasteiger partial charge in [-0.3, -0.25) is 9.72 Å². The van der Waals surface area contributed by atoms with Crippen LogP contribution in [0.3, 0.4) is 0 Å². The number of nitrogens with zero attached hydrogens (tertiary/aromatic N) is 1. The van der Waals surface area contributed by atoms with Crippen molar-refractivity contribution in [1.29, 1.82) is 0 Å². The van der Waals surface area contributed by atoms with Crippen LogP contribution in [0, 0.1) is 6.92 Å². The van der Waals surface area contributed by atoms with Gasteiger partial charge in [0, 0.05) is 23.3 Å². The van der Waals surface area contributed by atoms with Crippen LogP contribution in [-0.2, 0) is 4.74 Å². The van der Waals surface area contributed by atoms with Crippen molar-refractivity contribution in [1.82, 2.24) is 4.98 Å². The summed E-state index contributed by atoms with van der Waals surface area (Å²) in [5.74, 6) is 1.00. The van der Waals surface area contributed by atoms with Gasteiger partial charge in [-0.2, -0.15) is 0 Å². The Hall–Kier alpha value is -3.00. The van der Waals surface area contributed by atoms with Crippen molar-refractivity contribution in [2.45, 2.75) is 32.2 Å². The van der Waals surface area contributed by atoms with Crippen molar-refractivity contribution in [3.8, 4) is 11.5 Å². The van der Waals surface area contributed by atoms with Gasteiger partial charge in [0.25, 0.3) is 0 Å². The van der Waals surface area contributed by atoms with Gasteiger partial charge in [-0.15, -0.1) is 13.2 Å². The molecule has 0 spiro atoms. The summed E-state index contributed by atoms with van der Waals surface area (Å²) < 4.78 is 51.4. The van der Waals surface area contributed by atoms with E-state index < -0.39 is 13.0 Å². The first-order valence-corrected chi connectivity index (χ1v) is 9.64. The second-order valence-corrected chi connectivity index (χ2v) is 7.12. The minimum Gasteiger partial charge on any atom is -0.491 e. The summed E-state index contributed by atoms with van der Waals surface area (Å²) in [6, 6.07) is 13.1. The molecule has 1 aliphatic carbocycles. The fourth-order valence-corrected chi connectivity index (χ4v) is 2.99. The number of ether oxygens (including phenoxy) is 3. The lowest BCUT2D eigenvalue weighted by molar-refractivity contribution is -0.325. The van der Waals surface area contributed by atoms with Gasteiger partial charge in [0.05, 0.1) is 23.9 Å². The predicted molar refractivity (Wildman–Crippen MR) is 107 cm³/mol. The van der Waals surface area contributed by atoms with E-state index in [1.165, 1.54) is 0 Å². The van der Waals surface area contributed by atoms with Crippen molar-refractivity contribution in [2.75, 3.05) is 18.5 Å². The van der Waals surface area contributed by atoms with E-state index in [-0.39, 0.29) is 12.7 Å². The molecule has 1 heterocycles. The highest BCUT2D eigenvalue weighted by Gasteiger charge is 2.28. The molecule has 158 valence electrons. The Balaban J connectivity index is 1.53. The molecule has 0 unspecified atom stereocenters. The van der Waals surface area contributed by atoms with Crippen LogP contribution >= 0.6 is 0 Å². The zero-order valence-corrected chi connectivity index (χ0v) is 16.3. The van der Waals surface area contributed by atoms with Crippen LogP contribution in [-0.4, -0.2) is 30.7 Å². The quantitative estimate of drug-likeness (QED) is 0.473. The van der Waals surface area contributed by atoms with Crippen LogP contribution < -0.4 is 14.8 Å². The first-order chi connectivity index (χ1) is 14.4. The number of fused-ring (bicyclic) bond motifs is 1. The Morgan fingerprint density at radius 2 is 1.87 bits per heavy atom. The molecule has 1 aliphatic rings. The van der Waals surface area contributed by atoms with E-state index in [2.05, 4.69) is 15.0 Å². The van der Waals surface area contributed by atoms with E-state index in [0.717, 1.165) is 40.7 Å². The van der Waals surface area contributed by atoms with Gasteiger partial charge in [-0.25, -0.2) is 0 Å². The van der Waals surface area contributed by atoms with Crippen LogP contribution in [0.15, 0.2) is 48.7 Å². The number of hydrogen-bond donors (Lipinski definition) is 1. The number of hydrogen-bond acceptors (Lipinski definition) is 5. The molecule has 1 aromatic heterocycles. The van der Waals surface area contributed by atoms with E-state index in [0.29, 0.717) is 11.5 Å². The summed E-state index contributed by atoms with van der Waals surface area (Å²) in [6.45, 7) is 1.22. The fraction of sp³-hybridized carbons (Fsp3) is 0.318. The van der Waals surface area contributed by atoms with Crippen molar-refractivity contribution in [3.05, 3.63) is 54.2 Å². The summed E-state index contributed by atoms with van der Waals surface area (Å²) in [5.41, 5.74) is 3.64. The van der Waals surface area contributed by atoms with Crippen LogP contribution in [0.1, 0.15) is 18.4 Å². The third-order valence-electron chi connectivity index (χ3n) is 4.56. The fourth-order valence-electron chi connectivity index (χ4n) is 2.99. The molecule has 8 heteroatoms. The molecule has 0 bridgehead atoms. The topological polar surface area (TPSA) is 52.6 Å². The molecular formula is C22H21F3N2O3. The van der Waals surface area contributed by atoms with Crippen LogP contribution in [0.2, 0.25) is 0 Å². The highest BCUT2D eigenvalue weighted by molar-refractivity contribution is 5.93. The van der Waals surface area contributed by atoms with Gasteiger partial charge in [-0.1, -0.05) is 12.1 Å². The molecule has 1 fully saturated rings. The van der Waals surface area contributed by atoms with Gasteiger partial charge in [0.15, 0.2) is 0 Å². The lowest BCUT2D eigenvalue weighted by Crippen LogP contribution is -2.18. The van der Waals surface area contributed by atoms with Gasteiger partial charge < -0.3 is 14.8 Å². The Bertz CT molecular complexity index is 1040. The lowest BCUT2D eigenvalue weighted by Gasteiger charge is -2.16. The normalized spacial score (nSPS) is 14.0. The summed E-state index contributed by atoms with van der Waals surface area (Å²) in [7, 11) is 0. The van der Waals surface area contributed by atoms with Crippen molar-refractivity contribution < 1.29 is 27.4 Å². The molecule has 0 atom stereocenters. The average molecular weight is 418 g/mol. The number of aromatic nitrogens is 1. The first-order valence-electron chi connectivity index (χ1n) is 9.64. The standard InChI is InChI=1S/C22H21F3N2O3/c1-14-2-6-17-18(8-9-26-20(17)12-14)27-19-7-5-16(13-21(19)30-15-3-4-15)28-10-11-29-22(23,24)25/h2,5-9,12-13,15H,3-4,10-11H2,1H3,(H,26,27). The second kappa shape index (κ2) is 8.39. The first kappa shape index (κ1) is 20.3. The predicted octanol–water partition coefficient (Wildman–Crippen LogP) is 5.74. The number of alkyl halides is 3. The number of rotatable bonds is 8. The molecule has 3 aromatic rings. The summed E-state index contributed by atoms with van der Waals surface area (Å²) in [6.07, 6.45) is -0.832. The largest absolute Gasteiger partial charge is 0.522 e. The number of nitrogens with one attached hydrogen (secondary N) is 1. The second-order valence-electron chi connectivity index (χ2n) is 7.12. The monoisotopic (exact) mass is 418 g/mol. The van der Waals surface area contributed by atoms with E-state index in [4.69, 9.17) is 9.47 Å². The maximum Gasteiger partial charge on any atom is 0.522 e. The lowest BCUT2D eigenvalue weighted by atomic mass is 10.1. The molecule has 0 aliphatic heterocycles. The molecule has 1 saturated carbocycles. The van der Waals surface area contributed by atoms with Crippen molar-refractivity contribution >= 4 is 22.3 Å². The SMILES string of the molecule is Cc1ccc2c(Nc3ccc(OCCOC(F)(F)F)cc3OC3CC3)ccnc2c1. The maximum atomic E-state index is 12.1. The zero-order valence-electron chi connectivity index (χ0n) is 16.3. The highest BCUT2D eigenvalue weighted by atomic mass is 19.4. The van der Waals surface area contributed by atoms with E-state index >= 15 is 0 Å². The molecule has 1 N–H and O–H groups in total. The highest BCUT2D eigenvalue weighted by Crippen LogP contribution is 2.37. The minimum atomic E-state index is -4.66. The van der Waals surface area contributed by atoms with E-state index in [1.807, 2.05) is 31.2 Å². The summed E-state index contributed by atoms with van der Waals surface area (Å²) in [4.78, 5) is 4.42. The summed E-state index contributed by atoms with van der Waals surface area (Å²) >= 11 is 0. The van der Waals surface area contributed by atoms with Gasteiger partial charge >= 0.3 is 6.36 Å². The van der Waals surface area contributed by atoms with Gasteiger partial charge in [-0.05, 0) is 49.6 Å². The van der Waals surface area contributed by atoms with Crippen LogP contribution in [0.4, 0.5) is 24.5 Å². The Labute approximate surface area is 171 Å². The Morgan fingerprint density at radius 3 is 2.63 bits per heavy atom. The van der Waals surface area contributed by atoms with Crippen LogP contribution in [0.5, 0.6) is 11.5 Å². The minimum absolute atomic E-state index is 0.145. The zero-order chi connectivity index (χ0) is 21.1. The number of benzene rings is 2. The molecular weight excluding hydrogens is 397 g/mol. The number of anilines is 2. The Morgan fingerprint density at radius 1 is 1.03 bits per heavy atom. The van der Waals surface area contributed by atoms with Crippen LogP contribution in [0.25, 0.3) is 10.9 Å². The smallest absolute Gasteiger partial charge is 0.491 e. The number of halogens is 3. The van der Waals surface area contributed by atoms with Gasteiger partial charge in [0.1, 0.15) is 18.1 Å². The maximum absolute atomic E-state index is 12.1. The third-order valence-corrected chi connectivity index (χ3v) is 4.56. The molecule has 0 radical (unpaired) electrons. The Kier molecular flexibility index (Phi) is 5.67. The average Bonchev–Trinajstić information content (AvgIpc) is 3.50. The van der Waals surface area contributed by atoms with Crippen molar-refractivity contribution in [2.24, 2.45) is 0 Å². The molecule has 4 rings (SSSR count). The molecule has 0 saturated heterocycles. The van der Waals surface area contributed by atoms with Crippen molar-refractivity contribution in [3.63, 3.8) is 0 Å². The molecule has 2 aromatic carbocycles. The molecule has 0 amide bonds. The number of pyridine rings is 1. The summed E-state index contributed by atoms with van der Waals surface area (Å²) in [5, 5.41) is 4.37. The third kappa shape index (κ3) is 5.33. The molecule has 5 nitrogen and oxygen atoms in total. The van der Waals surface area contributed by atoms with E-state index in [1.54, 1.807) is 24.4 Å². The number of aryl methyl sites for hydroxylation is 1. The molecule has 30 heavy (non-hydrogen) atoms. The van der Waals surface area contributed by atoms with E-state index in [9.17, 15) is 13.2 Å². The van der Waals surface area contributed by atoms with Gasteiger partial charge in [0.2, 0.25) is 0 Å².